The second-order valence-corrected chi connectivity index (χ2v) is 5.80. The van der Waals surface area contributed by atoms with Crippen LogP contribution in [-0.2, 0) is 4.79 Å². The fraction of sp³-hybridized carbons (Fsp3) is 0.562. The van der Waals surface area contributed by atoms with E-state index >= 15 is 0 Å². The molecule has 1 fully saturated rings. The maximum absolute atomic E-state index is 11.8. The number of aliphatic hydroxyl groups is 1. The summed E-state index contributed by atoms with van der Waals surface area (Å²) in [6.07, 6.45) is 4.16. The fourth-order valence-electron chi connectivity index (χ4n) is 2.81. The number of hydrogen-bond acceptors (Lipinski definition) is 3. The van der Waals surface area contributed by atoms with E-state index in [4.69, 9.17) is 0 Å². The first-order valence-corrected chi connectivity index (χ1v) is 7.55. The summed E-state index contributed by atoms with van der Waals surface area (Å²) in [7, 11) is 0. The second-order valence-electron chi connectivity index (χ2n) is 5.80. The third kappa shape index (κ3) is 3.12. The Morgan fingerprint density at radius 2 is 2.10 bits per heavy atom. The summed E-state index contributed by atoms with van der Waals surface area (Å²) in [6.45, 7) is 1.63. The summed E-state index contributed by atoms with van der Waals surface area (Å²) < 4.78 is 0. The normalized spacial score (nSPS) is 22.1. The van der Waals surface area contributed by atoms with Crippen molar-refractivity contribution in [3.05, 3.63) is 29.8 Å². The zero-order valence-corrected chi connectivity index (χ0v) is 11.7. The van der Waals surface area contributed by atoms with Crippen molar-refractivity contribution in [3.8, 4) is 0 Å². The van der Waals surface area contributed by atoms with Crippen LogP contribution in [0.2, 0.25) is 0 Å². The number of para-hydroxylation sites is 1. The average molecular weight is 274 g/mol. The number of nitrogens with zero attached hydrogens (tertiary/aromatic N) is 1. The van der Waals surface area contributed by atoms with Crippen molar-refractivity contribution >= 4 is 11.6 Å². The minimum Gasteiger partial charge on any atom is -0.388 e. The van der Waals surface area contributed by atoms with Gasteiger partial charge < -0.3 is 15.3 Å². The first-order valence-electron chi connectivity index (χ1n) is 7.55. The predicted molar refractivity (Wildman–Crippen MR) is 78.6 cm³/mol. The number of anilines is 1. The molecule has 0 saturated heterocycles. The molecule has 0 spiro atoms. The lowest BCUT2D eigenvalue weighted by molar-refractivity contribution is -0.121. The Hall–Kier alpha value is -1.55. The van der Waals surface area contributed by atoms with Crippen LogP contribution >= 0.6 is 0 Å². The lowest BCUT2D eigenvalue weighted by Gasteiger charge is -2.25. The van der Waals surface area contributed by atoms with E-state index in [0.29, 0.717) is 12.5 Å². The van der Waals surface area contributed by atoms with Gasteiger partial charge in [0.25, 0.3) is 0 Å². The third-order valence-electron chi connectivity index (χ3n) is 4.09. The highest BCUT2D eigenvalue weighted by Crippen LogP contribution is 2.32. The van der Waals surface area contributed by atoms with E-state index in [1.807, 2.05) is 24.3 Å². The van der Waals surface area contributed by atoms with E-state index < -0.39 is 0 Å². The van der Waals surface area contributed by atoms with Crippen molar-refractivity contribution in [2.75, 3.05) is 18.0 Å². The summed E-state index contributed by atoms with van der Waals surface area (Å²) in [6, 6.07) is 8.42. The van der Waals surface area contributed by atoms with Crippen LogP contribution in [-0.4, -0.2) is 30.1 Å². The van der Waals surface area contributed by atoms with Crippen LogP contribution in [0.25, 0.3) is 0 Å². The van der Waals surface area contributed by atoms with Gasteiger partial charge in [0.15, 0.2) is 0 Å². The Morgan fingerprint density at radius 3 is 2.90 bits per heavy atom. The number of carbonyl (C=O) groups excluding carboxylic acids is 1. The van der Waals surface area contributed by atoms with Crippen LogP contribution in [0.3, 0.4) is 0 Å². The molecule has 1 unspecified atom stereocenters. The Bertz CT molecular complexity index is 485. The number of hydrogen-bond donors (Lipinski definition) is 2. The number of aliphatic hydroxyl groups excluding tert-OH is 1. The van der Waals surface area contributed by atoms with Crippen molar-refractivity contribution < 1.29 is 9.90 Å². The largest absolute Gasteiger partial charge is 0.388 e. The van der Waals surface area contributed by atoms with Gasteiger partial charge in [-0.15, -0.1) is 0 Å². The van der Waals surface area contributed by atoms with E-state index in [2.05, 4.69) is 10.2 Å². The standard InChI is InChI=1S/C16H22N2O2/c19-15-6-3-10-18(14-5-2-1-4-13(14)15)11-9-16(20)17-12-7-8-12/h1-2,4-5,12,15,19H,3,6-11H2,(H,17,20). The van der Waals surface area contributed by atoms with Gasteiger partial charge in [-0.2, -0.15) is 0 Å². The maximum atomic E-state index is 11.8. The highest BCUT2D eigenvalue weighted by atomic mass is 16.3. The first kappa shape index (κ1) is 13.4. The molecule has 1 aromatic rings. The van der Waals surface area contributed by atoms with Gasteiger partial charge in [-0.3, -0.25) is 4.79 Å². The van der Waals surface area contributed by atoms with Crippen molar-refractivity contribution in [2.45, 2.75) is 44.2 Å². The molecule has 0 radical (unpaired) electrons. The summed E-state index contributed by atoms with van der Waals surface area (Å²) in [5.74, 6) is 0.148. The molecule has 2 N–H and O–H groups in total. The topological polar surface area (TPSA) is 52.6 Å². The van der Waals surface area contributed by atoms with Crippen LogP contribution in [0, 0.1) is 0 Å². The molecule has 1 atom stereocenters. The van der Waals surface area contributed by atoms with Crippen LogP contribution < -0.4 is 10.2 Å². The van der Waals surface area contributed by atoms with Crippen LogP contribution in [0.4, 0.5) is 5.69 Å². The number of fused-ring (bicyclic) bond motifs is 1. The molecular formula is C16H22N2O2. The van der Waals surface area contributed by atoms with Gasteiger partial charge in [0, 0.05) is 36.8 Å². The fourth-order valence-corrected chi connectivity index (χ4v) is 2.81. The van der Waals surface area contributed by atoms with E-state index in [1.54, 1.807) is 0 Å². The summed E-state index contributed by atoms with van der Waals surface area (Å²) in [4.78, 5) is 14.0. The Labute approximate surface area is 119 Å². The third-order valence-corrected chi connectivity index (χ3v) is 4.09. The van der Waals surface area contributed by atoms with E-state index in [1.165, 1.54) is 0 Å². The number of amides is 1. The molecule has 1 aliphatic carbocycles. The zero-order chi connectivity index (χ0) is 13.9. The van der Waals surface area contributed by atoms with Crippen LogP contribution in [0.1, 0.15) is 43.8 Å². The molecule has 1 saturated carbocycles. The average Bonchev–Trinajstić information content (AvgIpc) is 3.26. The number of rotatable bonds is 4. The smallest absolute Gasteiger partial charge is 0.221 e. The predicted octanol–water partition coefficient (Wildman–Crippen LogP) is 1.99. The highest BCUT2D eigenvalue weighted by Gasteiger charge is 2.24. The molecule has 4 nitrogen and oxygen atoms in total. The van der Waals surface area contributed by atoms with Gasteiger partial charge >= 0.3 is 0 Å². The molecule has 108 valence electrons. The van der Waals surface area contributed by atoms with E-state index in [9.17, 15) is 9.90 Å². The Morgan fingerprint density at radius 1 is 1.30 bits per heavy atom. The lowest BCUT2D eigenvalue weighted by atomic mass is 10.0. The first-order chi connectivity index (χ1) is 9.74. The lowest BCUT2D eigenvalue weighted by Crippen LogP contribution is -2.32. The monoisotopic (exact) mass is 274 g/mol. The van der Waals surface area contributed by atoms with Gasteiger partial charge in [0.1, 0.15) is 0 Å². The molecule has 0 aromatic heterocycles. The van der Waals surface area contributed by atoms with Gasteiger partial charge in [0.05, 0.1) is 6.10 Å². The molecule has 1 aliphatic heterocycles. The van der Waals surface area contributed by atoms with Crippen LogP contribution in [0.5, 0.6) is 0 Å². The molecule has 2 aliphatic rings. The van der Waals surface area contributed by atoms with Crippen molar-refractivity contribution in [3.63, 3.8) is 0 Å². The minimum absolute atomic E-state index is 0.148. The van der Waals surface area contributed by atoms with Gasteiger partial charge in [-0.25, -0.2) is 0 Å². The molecule has 3 rings (SSSR count). The Balaban J connectivity index is 1.65. The second kappa shape index (κ2) is 5.83. The van der Waals surface area contributed by atoms with Crippen molar-refractivity contribution in [2.24, 2.45) is 0 Å². The zero-order valence-electron chi connectivity index (χ0n) is 11.7. The highest BCUT2D eigenvalue weighted by molar-refractivity contribution is 5.77. The number of carbonyl (C=O) groups is 1. The number of benzene rings is 1. The minimum atomic E-state index is -0.378. The molecule has 1 aromatic carbocycles. The molecular weight excluding hydrogens is 252 g/mol. The molecule has 4 heteroatoms. The molecule has 1 amide bonds. The van der Waals surface area contributed by atoms with E-state index in [-0.39, 0.29) is 12.0 Å². The quantitative estimate of drug-likeness (QED) is 0.883. The molecule has 0 bridgehead atoms. The molecule has 20 heavy (non-hydrogen) atoms. The van der Waals surface area contributed by atoms with E-state index in [0.717, 1.165) is 50.0 Å². The molecule has 1 heterocycles. The van der Waals surface area contributed by atoms with Crippen molar-refractivity contribution in [1.82, 2.24) is 5.32 Å². The van der Waals surface area contributed by atoms with Crippen molar-refractivity contribution in [1.29, 1.82) is 0 Å². The summed E-state index contributed by atoms with van der Waals surface area (Å²) >= 11 is 0. The van der Waals surface area contributed by atoms with Gasteiger partial charge in [-0.1, -0.05) is 18.2 Å². The summed E-state index contributed by atoms with van der Waals surface area (Å²) in [5.41, 5.74) is 2.07. The Kier molecular flexibility index (Phi) is 3.92. The van der Waals surface area contributed by atoms with Crippen LogP contribution in [0.15, 0.2) is 24.3 Å². The SMILES string of the molecule is O=C(CCN1CCCC(O)c2ccccc21)NC1CC1. The van der Waals surface area contributed by atoms with Gasteiger partial charge in [-0.05, 0) is 31.7 Å². The summed E-state index contributed by atoms with van der Waals surface area (Å²) in [5, 5.41) is 13.2. The maximum Gasteiger partial charge on any atom is 0.221 e. The van der Waals surface area contributed by atoms with Gasteiger partial charge in [0.2, 0.25) is 5.91 Å². The number of nitrogens with one attached hydrogen (secondary N) is 1.